The van der Waals surface area contributed by atoms with Crippen LogP contribution in [0.5, 0.6) is 0 Å². The SMILES string of the molecule is Cc1ncccc1CN1CCc2nc(-c3ccco3)[nH]c(=O)c2C1. The summed E-state index contributed by atoms with van der Waals surface area (Å²) in [5, 5.41) is 0. The fourth-order valence-corrected chi connectivity index (χ4v) is 3.07. The van der Waals surface area contributed by atoms with E-state index in [2.05, 4.69) is 25.9 Å². The topological polar surface area (TPSA) is 75.0 Å². The van der Waals surface area contributed by atoms with Crippen molar-refractivity contribution in [3.63, 3.8) is 0 Å². The number of nitrogens with zero attached hydrogens (tertiary/aromatic N) is 3. The highest BCUT2D eigenvalue weighted by atomic mass is 16.3. The van der Waals surface area contributed by atoms with Gasteiger partial charge in [-0.1, -0.05) is 6.07 Å². The maximum Gasteiger partial charge on any atom is 0.256 e. The van der Waals surface area contributed by atoms with Crippen molar-refractivity contribution in [3.05, 3.63) is 69.6 Å². The number of aromatic amines is 1. The zero-order valence-corrected chi connectivity index (χ0v) is 13.5. The van der Waals surface area contributed by atoms with Crippen molar-refractivity contribution in [1.82, 2.24) is 19.9 Å². The lowest BCUT2D eigenvalue weighted by molar-refractivity contribution is 0.241. The van der Waals surface area contributed by atoms with E-state index in [1.165, 1.54) is 5.56 Å². The molecule has 6 heteroatoms. The van der Waals surface area contributed by atoms with Crippen molar-refractivity contribution < 1.29 is 4.42 Å². The summed E-state index contributed by atoms with van der Waals surface area (Å²) in [5.41, 5.74) is 3.75. The maximum atomic E-state index is 12.5. The Balaban J connectivity index is 1.60. The first-order valence-electron chi connectivity index (χ1n) is 7.99. The van der Waals surface area contributed by atoms with Crippen LogP contribution in [0.2, 0.25) is 0 Å². The van der Waals surface area contributed by atoms with Gasteiger partial charge < -0.3 is 9.40 Å². The Hall–Kier alpha value is -2.73. The monoisotopic (exact) mass is 322 g/mol. The molecule has 0 fully saturated rings. The Bertz CT molecular complexity index is 915. The molecule has 0 amide bonds. The molecule has 0 radical (unpaired) electrons. The van der Waals surface area contributed by atoms with Gasteiger partial charge in [-0.2, -0.15) is 0 Å². The van der Waals surface area contributed by atoms with Gasteiger partial charge in [0, 0.05) is 37.9 Å². The normalized spacial score (nSPS) is 14.5. The third kappa shape index (κ3) is 2.76. The molecule has 4 rings (SSSR count). The van der Waals surface area contributed by atoms with Crippen LogP contribution in [0.4, 0.5) is 0 Å². The number of aromatic nitrogens is 3. The Morgan fingerprint density at radius 3 is 3.04 bits per heavy atom. The molecule has 0 bridgehead atoms. The zero-order chi connectivity index (χ0) is 16.5. The van der Waals surface area contributed by atoms with E-state index in [0.717, 1.165) is 36.5 Å². The van der Waals surface area contributed by atoms with Gasteiger partial charge in [-0.25, -0.2) is 4.98 Å². The van der Waals surface area contributed by atoms with Crippen LogP contribution in [-0.2, 0) is 19.5 Å². The summed E-state index contributed by atoms with van der Waals surface area (Å²) in [6, 6.07) is 7.61. The van der Waals surface area contributed by atoms with Gasteiger partial charge in [-0.05, 0) is 30.7 Å². The quantitative estimate of drug-likeness (QED) is 0.801. The summed E-state index contributed by atoms with van der Waals surface area (Å²) in [4.78, 5) is 26.5. The van der Waals surface area contributed by atoms with Crippen molar-refractivity contribution in [1.29, 1.82) is 0 Å². The van der Waals surface area contributed by atoms with E-state index in [4.69, 9.17) is 4.42 Å². The average Bonchev–Trinajstić information content (AvgIpc) is 3.12. The van der Waals surface area contributed by atoms with Crippen LogP contribution in [-0.4, -0.2) is 26.4 Å². The van der Waals surface area contributed by atoms with Crippen LogP contribution in [0.3, 0.4) is 0 Å². The second kappa shape index (κ2) is 6.05. The van der Waals surface area contributed by atoms with E-state index >= 15 is 0 Å². The number of fused-ring (bicyclic) bond motifs is 1. The summed E-state index contributed by atoms with van der Waals surface area (Å²) < 4.78 is 5.33. The van der Waals surface area contributed by atoms with Crippen LogP contribution < -0.4 is 5.56 Å². The number of hydrogen-bond donors (Lipinski definition) is 1. The fraction of sp³-hybridized carbons (Fsp3) is 0.278. The van der Waals surface area contributed by atoms with Crippen LogP contribution >= 0.6 is 0 Å². The summed E-state index contributed by atoms with van der Waals surface area (Å²) in [6.07, 6.45) is 4.13. The van der Waals surface area contributed by atoms with Gasteiger partial charge in [0.25, 0.3) is 5.56 Å². The second-order valence-electron chi connectivity index (χ2n) is 6.03. The van der Waals surface area contributed by atoms with Crippen LogP contribution in [0.25, 0.3) is 11.6 Å². The van der Waals surface area contributed by atoms with Crippen LogP contribution in [0, 0.1) is 6.92 Å². The molecule has 0 saturated carbocycles. The Morgan fingerprint density at radius 1 is 1.33 bits per heavy atom. The first kappa shape index (κ1) is 14.8. The second-order valence-corrected chi connectivity index (χ2v) is 6.03. The van der Waals surface area contributed by atoms with Crippen molar-refractivity contribution >= 4 is 0 Å². The molecule has 6 nitrogen and oxygen atoms in total. The number of aryl methyl sites for hydroxylation is 1. The van der Waals surface area contributed by atoms with E-state index in [9.17, 15) is 4.79 Å². The average molecular weight is 322 g/mol. The molecule has 0 aromatic carbocycles. The fourth-order valence-electron chi connectivity index (χ4n) is 3.07. The lowest BCUT2D eigenvalue weighted by Gasteiger charge is -2.27. The predicted molar refractivity (Wildman–Crippen MR) is 89.4 cm³/mol. The third-order valence-electron chi connectivity index (χ3n) is 4.41. The molecule has 0 aliphatic carbocycles. The van der Waals surface area contributed by atoms with Crippen LogP contribution in [0.1, 0.15) is 22.5 Å². The zero-order valence-electron chi connectivity index (χ0n) is 13.5. The molecule has 1 aliphatic rings. The number of nitrogens with one attached hydrogen (secondary N) is 1. The van der Waals surface area contributed by atoms with E-state index in [1.807, 2.05) is 13.0 Å². The van der Waals surface area contributed by atoms with Gasteiger partial charge in [0.2, 0.25) is 0 Å². The Morgan fingerprint density at radius 2 is 2.25 bits per heavy atom. The molecule has 1 N–H and O–H groups in total. The van der Waals surface area contributed by atoms with Crippen LogP contribution in [0.15, 0.2) is 45.9 Å². The minimum Gasteiger partial charge on any atom is -0.461 e. The summed E-state index contributed by atoms with van der Waals surface area (Å²) >= 11 is 0. The number of pyridine rings is 1. The van der Waals surface area contributed by atoms with Crippen molar-refractivity contribution in [2.45, 2.75) is 26.4 Å². The number of H-pyrrole nitrogens is 1. The molecule has 3 aromatic rings. The van der Waals surface area contributed by atoms with Gasteiger partial charge in [0.05, 0.1) is 17.5 Å². The first-order chi connectivity index (χ1) is 11.7. The molecule has 0 spiro atoms. The molecule has 0 atom stereocenters. The standard InChI is InChI=1S/C18H18N4O2/c1-12-13(4-2-7-19-12)10-22-8-6-15-14(11-22)18(23)21-17(20-15)16-5-3-9-24-16/h2-5,7,9H,6,8,10-11H2,1H3,(H,20,21,23). The van der Waals surface area contributed by atoms with Crippen molar-refractivity contribution in [2.75, 3.05) is 6.54 Å². The molecule has 0 unspecified atom stereocenters. The van der Waals surface area contributed by atoms with E-state index in [-0.39, 0.29) is 5.56 Å². The predicted octanol–water partition coefficient (Wildman–Crippen LogP) is 2.29. The lowest BCUT2D eigenvalue weighted by Crippen LogP contribution is -2.35. The smallest absolute Gasteiger partial charge is 0.256 e. The van der Waals surface area contributed by atoms with Gasteiger partial charge in [0.1, 0.15) is 0 Å². The van der Waals surface area contributed by atoms with E-state index < -0.39 is 0 Å². The molecular weight excluding hydrogens is 304 g/mol. The lowest BCUT2D eigenvalue weighted by atomic mass is 10.1. The Labute approximate surface area is 139 Å². The largest absolute Gasteiger partial charge is 0.461 e. The Kier molecular flexibility index (Phi) is 3.74. The van der Waals surface area contributed by atoms with Gasteiger partial charge in [-0.15, -0.1) is 0 Å². The van der Waals surface area contributed by atoms with Gasteiger partial charge in [-0.3, -0.25) is 14.7 Å². The minimum atomic E-state index is -0.0843. The number of rotatable bonds is 3. The third-order valence-corrected chi connectivity index (χ3v) is 4.41. The highest BCUT2D eigenvalue weighted by Crippen LogP contribution is 2.20. The highest BCUT2D eigenvalue weighted by Gasteiger charge is 2.22. The number of hydrogen-bond acceptors (Lipinski definition) is 5. The van der Waals surface area contributed by atoms with Gasteiger partial charge >= 0.3 is 0 Å². The number of furan rings is 1. The summed E-state index contributed by atoms with van der Waals surface area (Å²) in [7, 11) is 0. The summed E-state index contributed by atoms with van der Waals surface area (Å²) in [6.45, 7) is 4.27. The summed E-state index contributed by atoms with van der Waals surface area (Å²) in [5.74, 6) is 1.09. The maximum absolute atomic E-state index is 12.5. The van der Waals surface area contributed by atoms with E-state index in [0.29, 0.717) is 18.1 Å². The molecule has 0 saturated heterocycles. The van der Waals surface area contributed by atoms with Crippen molar-refractivity contribution in [2.24, 2.45) is 0 Å². The minimum absolute atomic E-state index is 0.0843. The molecule has 1 aliphatic heterocycles. The van der Waals surface area contributed by atoms with Gasteiger partial charge in [0.15, 0.2) is 11.6 Å². The highest BCUT2D eigenvalue weighted by molar-refractivity contribution is 5.47. The molecular formula is C18H18N4O2. The molecule has 3 aromatic heterocycles. The molecule has 4 heterocycles. The van der Waals surface area contributed by atoms with Crippen molar-refractivity contribution in [3.8, 4) is 11.6 Å². The van der Waals surface area contributed by atoms with E-state index in [1.54, 1.807) is 24.6 Å². The molecule has 122 valence electrons. The first-order valence-corrected chi connectivity index (χ1v) is 7.99. The molecule has 24 heavy (non-hydrogen) atoms.